The second-order valence-corrected chi connectivity index (χ2v) is 17.7. The highest BCUT2D eigenvalue weighted by atomic mass is 16.3. The van der Waals surface area contributed by atoms with Gasteiger partial charge in [0.1, 0.15) is 33.5 Å². The Balaban J connectivity index is 1.18. The molecule has 12 aromatic rings. The molecular weight excluding hydrogens is 723 g/mol. The smallest absolute Gasteiger partial charge is 0.333 e. The molecule has 0 atom stereocenters. The Hall–Kier alpha value is -7.18. The van der Waals surface area contributed by atoms with Crippen LogP contribution in [0.15, 0.2) is 153 Å². The van der Waals surface area contributed by atoms with Gasteiger partial charge in [0.05, 0.1) is 11.0 Å². The minimum atomic E-state index is -0.162. The fourth-order valence-corrected chi connectivity index (χ4v) is 10.7. The van der Waals surface area contributed by atoms with E-state index in [1.165, 1.54) is 43.9 Å². The van der Waals surface area contributed by atoms with Gasteiger partial charge >= 0.3 is 6.85 Å². The first-order valence-electron chi connectivity index (χ1n) is 20.5. The van der Waals surface area contributed by atoms with Crippen molar-refractivity contribution in [1.29, 1.82) is 0 Å². The second kappa shape index (κ2) is 10.7. The van der Waals surface area contributed by atoms with Crippen LogP contribution in [0.2, 0.25) is 0 Å². The Kier molecular flexibility index (Phi) is 5.75. The lowest BCUT2D eigenvalue weighted by atomic mass is 9.44. The Bertz CT molecular complexity index is 3850. The van der Waals surface area contributed by atoms with Gasteiger partial charge in [0.2, 0.25) is 0 Å². The number of nitrogens with zero attached hydrogens (tertiary/aromatic N) is 2. The Morgan fingerprint density at radius 3 is 1.68 bits per heavy atom. The van der Waals surface area contributed by atoms with E-state index in [2.05, 4.69) is 171 Å². The summed E-state index contributed by atoms with van der Waals surface area (Å²) in [6.07, 6.45) is 0. The number of anilines is 2. The van der Waals surface area contributed by atoms with Crippen LogP contribution in [0.4, 0.5) is 11.4 Å². The number of aryl methyl sites for hydroxylation is 1. The summed E-state index contributed by atoms with van der Waals surface area (Å²) >= 11 is 0. The van der Waals surface area contributed by atoms with Crippen LogP contribution in [0, 0.1) is 6.92 Å². The molecule has 0 radical (unpaired) electrons. The zero-order valence-electron chi connectivity index (χ0n) is 33.0. The average Bonchev–Trinajstić information content (AvgIpc) is 3.99. The highest BCUT2D eigenvalue weighted by Crippen LogP contribution is 2.49. The summed E-state index contributed by atoms with van der Waals surface area (Å²) in [7, 11) is 0. The first kappa shape index (κ1) is 31.9. The monoisotopic (exact) mass is 758 g/mol. The molecule has 0 amide bonds. The molecule has 6 heteroatoms. The van der Waals surface area contributed by atoms with Crippen molar-refractivity contribution in [2.75, 3.05) is 4.81 Å². The van der Waals surface area contributed by atoms with Crippen molar-refractivity contribution < 1.29 is 13.3 Å². The van der Waals surface area contributed by atoms with Crippen molar-refractivity contribution >= 4 is 117 Å². The Morgan fingerprint density at radius 1 is 0.492 bits per heavy atom. The van der Waals surface area contributed by atoms with Gasteiger partial charge in [0, 0.05) is 71.8 Å². The van der Waals surface area contributed by atoms with Gasteiger partial charge in [-0.1, -0.05) is 93.6 Å². The van der Waals surface area contributed by atoms with Crippen LogP contribution in [0.5, 0.6) is 0 Å². The van der Waals surface area contributed by atoms with E-state index < -0.39 is 0 Å². The maximum Gasteiger partial charge on any atom is 0.333 e. The number of rotatable bonds is 1. The molecule has 0 aliphatic carbocycles. The number of furan rings is 3. The molecule has 2 aliphatic rings. The molecular formula is C53H35BN2O3. The van der Waals surface area contributed by atoms with E-state index in [0.29, 0.717) is 0 Å². The van der Waals surface area contributed by atoms with Gasteiger partial charge in [-0.05, 0) is 101 Å². The normalized spacial score (nSPS) is 13.7. The summed E-state index contributed by atoms with van der Waals surface area (Å²) in [5.41, 5.74) is 18.6. The number of hydrogen-bond donors (Lipinski definition) is 0. The molecule has 0 bridgehead atoms. The van der Waals surface area contributed by atoms with Crippen molar-refractivity contribution in [2.45, 2.75) is 33.1 Å². The zero-order valence-corrected chi connectivity index (χ0v) is 33.0. The third-order valence-electron chi connectivity index (χ3n) is 13.4. The van der Waals surface area contributed by atoms with Gasteiger partial charge in [0.25, 0.3) is 0 Å². The lowest BCUT2D eigenvalue weighted by molar-refractivity contribution is 0.590. The van der Waals surface area contributed by atoms with Gasteiger partial charge in [-0.3, -0.25) is 0 Å². The summed E-state index contributed by atoms with van der Waals surface area (Å²) < 4.78 is 22.4. The fraction of sp³-hybridized carbons (Fsp3) is 0.0943. The number of fused-ring (bicyclic) bond motifs is 17. The topological polar surface area (TPSA) is 47.6 Å². The summed E-state index contributed by atoms with van der Waals surface area (Å²) in [6, 6.07) is 50.9. The van der Waals surface area contributed by atoms with Crippen LogP contribution in [-0.2, 0) is 5.41 Å². The van der Waals surface area contributed by atoms with Crippen molar-refractivity contribution in [3.8, 4) is 16.8 Å². The van der Waals surface area contributed by atoms with Crippen molar-refractivity contribution in [2.24, 2.45) is 0 Å². The van der Waals surface area contributed by atoms with Crippen LogP contribution in [0.1, 0.15) is 31.9 Å². The maximum atomic E-state index is 6.70. The van der Waals surface area contributed by atoms with Gasteiger partial charge in [-0.25, -0.2) is 0 Å². The molecule has 0 N–H and O–H groups in total. The lowest BCUT2D eigenvalue weighted by Gasteiger charge is -2.42. The minimum absolute atomic E-state index is 0.0201. The standard InChI is InChI=1S/C53H35BN2O3/c1-28-21-38-34-25-47-36(32-12-6-9-15-45(32)57-47)23-42(34)56(30-19-17-29(18-20-30)53(2,3)4)54-40-26-48-37(33-13-7-10-16-46(33)58-48)24-43(40)55-41-27-49-35(31-11-5-8-14-44(31)59-49)22-39(41)50(28)52(55)51(38)54/h5-27H,1-4H3. The molecule has 0 unspecified atom stereocenters. The van der Waals surface area contributed by atoms with Gasteiger partial charge in [0.15, 0.2) is 0 Å². The van der Waals surface area contributed by atoms with E-state index in [4.69, 9.17) is 13.3 Å². The van der Waals surface area contributed by atoms with Gasteiger partial charge in [-0.2, -0.15) is 0 Å². The molecule has 2 aliphatic heterocycles. The Morgan fingerprint density at radius 2 is 1.05 bits per heavy atom. The predicted molar refractivity (Wildman–Crippen MR) is 245 cm³/mol. The third-order valence-corrected chi connectivity index (χ3v) is 13.4. The van der Waals surface area contributed by atoms with Crippen molar-refractivity contribution in [3.63, 3.8) is 0 Å². The van der Waals surface area contributed by atoms with Crippen molar-refractivity contribution in [3.05, 3.63) is 151 Å². The van der Waals surface area contributed by atoms with E-state index in [-0.39, 0.29) is 12.3 Å². The summed E-state index contributed by atoms with van der Waals surface area (Å²) in [5, 5.41) is 9.23. The number of para-hydroxylation sites is 3. The summed E-state index contributed by atoms with van der Waals surface area (Å²) in [4.78, 5) is 2.59. The molecule has 5 nitrogen and oxygen atoms in total. The molecule has 0 saturated heterocycles. The van der Waals surface area contributed by atoms with Crippen LogP contribution in [0.25, 0.3) is 104 Å². The predicted octanol–water partition coefficient (Wildman–Crippen LogP) is 13.3. The van der Waals surface area contributed by atoms with E-state index in [1.54, 1.807) is 0 Å². The molecule has 0 fully saturated rings. The van der Waals surface area contributed by atoms with E-state index in [9.17, 15) is 0 Å². The first-order valence-corrected chi connectivity index (χ1v) is 20.5. The molecule has 14 rings (SSSR count). The quantitative estimate of drug-likeness (QED) is 0.156. The van der Waals surface area contributed by atoms with Crippen LogP contribution < -0.4 is 15.7 Å². The zero-order chi connectivity index (χ0) is 39.1. The van der Waals surface area contributed by atoms with Crippen LogP contribution in [-0.4, -0.2) is 11.4 Å². The lowest BCUT2D eigenvalue weighted by Crippen LogP contribution is -2.60. The number of benzene rings is 8. The highest BCUT2D eigenvalue weighted by molar-refractivity contribution is 6.94. The largest absolute Gasteiger partial charge is 0.456 e. The fourth-order valence-electron chi connectivity index (χ4n) is 10.7. The SMILES string of the molecule is Cc1cc2c3c4c1c1cc5c(cc1n4-c1cc4c(cc1B3N(c1ccc(C(C)(C)C)cc1)c1cc3c(cc1-2)oc1ccccc13)oc1ccccc14)oc1ccccc15. The average molecular weight is 759 g/mol. The molecule has 8 aromatic carbocycles. The van der Waals surface area contributed by atoms with Crippen LogP contribution >= 0.6 is 0 Å². The molecule has 59 heavy (non-hydrogen) atoms. The van der Waals surface area contributed by atoms with Crippen LogP contribution in [0.3, 0.4) is 0 Å². The minimum Gasteiger partial charge on any atom is -0.456 e. The first-order chi connectivity index (χ1) is 28.8. The summed E-state index contributed by atoms with van der Waals surface area (Å²) in [5.74, 6) is 0. The molecule has 0 spiro atoms. The van der Waals surface area contributed by atoms with E-state index in [1.807, 2.05) is 6.07 Å². The summed E-state index contributed by atoms with van der Waals surface area (Å²) in [6.45, 7) is 8.96. The Labute approximate surface area is 338 Å². The molecule has 0 saturated carbocycles. The molecule has 278 valence electrons. The molecule has 4 aromatic heterocycles. The highest BCUT2D eigenvalue weighted by Gasteiger charge is 2.45. The number of aromatic nitrogens is 1. The van der Waals surface area contributed by atoms with E-state index in [0.717, 1.165) is 94.0 Å². The van der Waals surface area contributed by atoms with Gasteiger partial charge in [-0.15, -0.1) is 0 Å². The second-order valence-electron chi connectivity index (χ2n) is 17.7. The maximum absolute atomic E-state index is 6.70. The third kappa shape index (κ3) is 4.01. The van der Waals surface area contributed by atoms with Gasteiger partial charge < -0.3 is 22.6 Å². The van der Waals surface area contributed by atoms with E-state index >= 15 is 0 Å². The van der Waals surface area contributed by atoms with Crippen molar-refractivity contribution in [1.82, 2.24) is 4.57 Å². The molecule has 6 heterocycles. The number of hydrogen-bond acceptors (Lipinski definition) is 4.